The Bertz CT molecular complexity index is 565. The largest absolute Gasteiger partial charge is 0.350 e. The van der Waals surface area contributed by atoms with Gasteiger partial charge in [-0.1, -0.05) is 49.4 Å². The van der Waals surface area contributed by atoms with E-state index in [4.69, 9.17) is 21.1 Å². The van der Waals surface area contributed by atoms with Crippen molar-refractivity contribution in [2.45, 2.75) is 83.3 Å². The molecule has 2 saturated carbocycles. The summed E-state index contributed by atoms with van der Waals surface area (Å²) in [6.45, 7) is 1.58. The average Bonchev–Trinajstić information content (AvgIpc) is 3.26. The summed E-state index contributed by atoms with van der Waals surface area (Å²) in [7, 11) is 0. The third kappa shape index (κ3) is 5.97. The van der Waals surface area contributed by atoms with Crippen molar-refractivity contribution in [2.75, 3.05) is 13.2 Å². The molecule has 1 saturated heterocycles. The van der Waals surface area contributed by atoms with Crippen LogP contribution in [0.2, 0.25) is 5.02 Å². The molecule has 28 heavy (non-hydrogen) atoms. The first-order chi connectivity index (χ1) is 13.8. The summed E-state index contributed by atoms with van der Waals surface area (Å²) in [5, 5.41) is 0.846. The van der Waals surface area contributed by atoms with Gasteiger partial charge in [0.05, 0.1) is 13.2 Å². The van der Waals surface area contributed by atoms with Crippen LogP contribution in [0.15, 0.2) is 24.3 Å². The molecule has 0 atom stereocenters. The monoisotopic (exact) mass is 404 g/mol. The molecule has 0 radical (unpaired) electrons. The summed E-state index contributed by atoms with van der Waals surface area (Å²) in [5.74, 6) is 3.87. The maximum atomic E-state index is 6.00. The predicted octanol–water partition coefficient (Wildman–Crippen LogP) is 7.04. The fourth-order valence-electron chi connectivity index (χ4n) is 5.86. The van der Waals surface area contributed by atoms with Gasteiger partial charge >= 0.3 is 0 Å². The molecule has 3 fully saturated rings. The highest BCUT2D eigenvalue weighted by Gasteiger charge is 2.31. The molecule has 2 aliphatic carbocycles. The van der Waals surface area contributed by atoms with Crippen molar-refractivity contribution >= 4 is 11.6 Å². The van der Waals surface area contributed by atoms with Gasteiger partial charge in [-0.25, -0.2) is 0 Å². The van der Waals surface area contributed by atoms with Crippen LogP contribution < -0.4 is 0 Å². The predicted molar refractivity (Wildman–Crippen MR) is 116 cm³/mol. The molecule has 0 amide bonds. The Morgan fingerprint density at radius 2 is 1.21 bits per heavy atom. The Morgan fingerprint density at radius 3 is 1.79 bits per heavy atom. The number of rotatable bonds is 7. The fourth-order valence-corrected chi connectivity index (χ4v) is 5.99. The molecule has 4 rings (SSSR count). The van der Waals surface area contributed by atoms with Gasteiger partial charge in [-0.3, -0.25) is 0 Å². The third-order valence-electron chi connectivity index (χ3n) is 7.71. The molecule has 156 valence electrons. The number of benzene rings is 1. The maximum absolute atomic E-state index is 6.00. The van der Waals surface area contributed by atoms with Crippen molar-refractivity contribution < 1.29 is 9.47 Å². The number of aryl methyl sites for hydroxylation is 1. The Hall–Kier alpha value is -0.570. The standard InChI is InChI=1S/C25H37ClO2/c26-24-14-7-20(8-15-24)2-1-19-3-10-22(11-4-19)23-12-5-21(6-13-23)9-16-25-27-17-18-28-25/h7-8,14-15,19,21-23,25H,1-6,9-13,16-18H2/t19-,21-,22-,23-. The zero-order valence-electron chi connectivity index (χ0n) is 17.3. The van der Waals surface area contributed by atoms with Crippen LogP contribution in [-0.4, -0.2) is 19.5 Å². The van der Waals surface area contributed by atoms with Crippen LogP contribution >= 0.6 is 11.6 Å². The van der Waals surface area contributed by atoms with E-state index in [1.54, 1.807) is 0 Å². The number of ether oxygens (including phenoxy) is 2. The van der Waals surface area contributed by atoms with Gasteiger partial charge in [-0.15, -0.1) is 0 Å². The van der Waals surface area contributed by atoms with Crippen molar-refractivity contribution in [3.63, 3.8) is 0 Å². The van der Waals surface area contributed by atoms with E-state index in [1.807, 2.05) is 12.1 Å². The van der Waals surface area contributed by atoms with Crippen LogP contribution in [0.5, 0.6) is 0 Å². The van der Waals surface area contributed by atoms with Gasteiger partial charge in [-0.2, -0.15) is 0 Å². The molecule has 1 aliphatic heterocycles. The van der Waals surface area contributed by atoms with Gasteiger partial charge in [0.2, 0.25) is 0 Å². The van der Waals surface area contributed by atoms with E-state index in [-0.39, 0.29) is 6.29 Å². The van der Waals surface area contributed by atoms with E-state index in [2.05, 4.69) is 12.1 Å². The van der Waals surface area contributed by atoms with Crippen molar-refractivity contribution in [1.82, 2.24) is 0 Å². The first-order valence-electron chi connectivity index (χ1n) is 11.7. The van der Waals surface area contributed by atoms with E-state index in [9.17, 15) is 0 Å². The van der Waals surface area contributed by atoms with Gasteiger partial charge in [0.25, 0.3) is 0 Å². The van der Waals surface area contributed by atoms with Gasteiger partial charge < -0.3 is 9.47 Å². The SMILES string of the molecule is Clc1ccc(CC[C@H]2CC[C@H]([C@H]3CC[C@H](CCC4OCCO4)CC3)CC2)cc1. The highest BCUT2D eigenvalue weighted by molar-refractivity contribution is 6.30. The van der Waals surface area contributed by atoms with Crippen LogP contribution in [0.4, 0.5) is 0 Å². The average molecular weight is 405 g/mol. The molecule has 0 N–H and O–H groups in total. The Morgan fingerprint density at radius 1 is 0.679 bits per heavy atom. The molecule has 0 unspecified atom stereocenters. The van der Waals surface area contributed by atoms with Gasteiger partial charge in [-0.05, 0) is 92.7 Å². The topological polar surface area (TPSA) is 18.5 Å². The number of hydrogen-bond acceptors (Lipinski definition) is 2. The van der Waals surface area contributed by atoms with Crippen molar-refractivity contribution in [3.05, 3.63) is 34.9 Å². The summed E-state index contributed by atoms with van der Waals surface area (Å²) < 4.78 is 11.2. The molecular weight excluding hydrogens is 368 g/mol. The lowest BCUT2D eigenvalue weighted by Crippen LogP contribution is -2.26. The second kappa shape index (κ2) is 10.5. The second-order valence-corrected chi connectivity index (χ2v) is 9.91. The van der Waals surface area contributed by atoms with Crippen molar-refractivity contribution in [3.8, 4) is 0 Å². The zero-order valence-corrected chi connectivity index (χ0v) is 18.0. The molecule has 0 aromatic heterocycles. The van der Waals surface area contributed by atoms with Crippen LogP contribution in [-0.2, 0) is 15.9 Å². The fraction of sp³-hybridized carbons (Fsp3) is 0.760. The van der Waals surface area contributed by atoms with E-state index in [0.29, 0.717) is 0 Å². The van der Waals surface area contributed by atoms with Gasteiger partial charge in [0.1, 0.15) is 0 Å². The smallest absolute Gasteiger partial charge is 0.157 e. The van der Waals surface area contributed by atoms with Crippen LogP contribution in [0, 0.1) is 23.7 Å². The van der Waals surface area contributed by atoms with Gasteiger partial charge in [0, 0.05) is 5.02 Å². The van der Waals surface area contributed by atoms with Crippen LogP contribution in [0.1, 0.15) is 76.2 Å². The Labute approximate surface area is 176 Å². The molecule has 1 aromatic carbocycles. The summed E-state index contributed by atoms with van der Waals surface area (Å²) >= 11 is 6.00. The Balaban J connectivity index is 1.11. The minimum Gasteiger partial charge on any atom is -0.350 e. The quantitative estimate of drug-likeness (QED) is 0.485. The lowest BCUT2D eigenvalue weighted by Gasteiger charge is -2.38. The zero-order chi connectivity index (χ0) is 19.2. The van der Waals surface area contributed by atoms with E-state index in [1.165, 1.54) is 76.2 Å². The summed E-state index contributed by atoms with van der Waals surface area (Å²) in [6, 6.07) is 8.44. The maximum Gasteiger partial charge on any atom is 0.157 e. The lowest BCUT2D eigenvalue weighted by atomic mass is 9.68. The Kier molecular flexibility index (Phi) is 7.73. The minimum absolute atomic E-state index is 0.0980. The van der Waals surface area contributed by atoms with E-state index >= 15 is 0 Å². The lowest BCUT2D eigenvalue weighted by molar-refractivity contribution is -0.0514. The first-order valence-corrected chi connectivity index (χ1v) is 12.1. The first kappa shape index (κ1) is 20.7. The molecule has 1 aromatic rings. The van der Waals surface area contributed by atoms with Crippen molar-refractivity contribution in [1.29, 1.82) is 0 Å². The number of halogens is 1. The third-order valence-corrected chi connectivity index (χ3v) is 7.96. The minimum atomic E-state index is 0.0980. The van der Waals surface area contributed by atoms with Crippen molar-refractivity contribution in [2.24, 2.45) is 23.7 Å². The van der Waals surface area contributed by atoms with Crippen LogP contribution in [0.25, 0.3) is 0 Å². The summed E-state index contributed by atoms with van der Waals surface area (Å²) in [6.07, 6.45) is 16.7. The second-order valence-electron chi connectivity index (χ2n) is 9.48. The highest BCUT2D eigenvalue weighted by Crippen LogP contribution is 2.43. The van der Waals surface area contributed by atoms with Crippen LogP contribution in [0.3, 0.4) is 0 Å². The molecule has 0 spiro atoms. The molecular formula is C25H37ClO2. The number of hydrogen-bond donors (Lipinski definition) is 0. The molecule has 0 bridgehead atoms. The normalized spacial score (nSPS) is 31.9. The molecule has 2 nitrogen and oxygen atoms in total. The highest BCUT2D eigenvalue weighted by atomic mass is 35.5. The summed E-state index contributed by atoms with van der Waals surface area (Å²) in [5.41, 5.74) is 1.44. The molecule has 3 heteroatoms. The molecule has 3 aliphatic rings. The van der Waals surface area contributed by atoms with Gasteiger partial charge in [0.15, 0.2) is 6.29 Å². The summed E-state index contributed by atoms with van der Waals surface area (Å²) in [4.78, 5) is 0. The van der Waals surface area contributed by atoms with E-state index < -0.39 is 0 Å². The molecule has 1 heterocycles. The van der Waals surface area contributed by atoms with E-state index in [0.717, 1.165) is 48.3 Å².